The molecule has 0 aliphatic heterocycles. The van der Waals surface area contributed by atoms with Gasteiger partial charge in [0.1, 0.15) is 11.6 Å². The zero-order valence-corrected chi connectivity index (χ0v) is 31.6. The molecule has 3 aromatic carbocycles. The first-order chi connectivity index (χ1) is 20.7. The maximum absolute atomic E-state index is 11.8. The molecule has 0 aliphatic carbocycles. The molecule has 0 saturated heterocycles. The molecule has 2 heterocycles. The van der Waals surface area contributed by atoms with Crippen molar-refractivity contribution in [2.45, 2.75) is 91.7 Å². The lowest BCUT2D eigenvalue weighted by molar-refractivity contribution is 0.446. The van der Waals surface area contributed by atoms with E-state index in [1.807, 2.05) is 6.20 Å². The van der Waals surface area contributed by atoms with Crippen LogP contribution in [-0.4, -0.2) is 35.8 Å². The van der Waals surface area contributed by atoms with Crippen LogP contribution in [0.15, 0.2) is 66.9 Å². The van der Waals surface area contributed by atoms with E-state index >= 15 is 0 Å². The molecule has 2 aromatic heterocycles. The maximum Gasteiger partial charge on any atom is 0.144 e. The minimum absolute atomic E-state index is 0.0789. The molecule has 5 aromatic rings. The van der Waals surface area contributed by atoms with E-state index in [1.165, 1.54) is 15.9 Å². The van der Waals surface area contributed by atoms with Crippen LogP contribution in [0, 0.1) is 0 Å². The largest absolute Gasteiger partial charge is 0.507 e. The molecule has 0 atom stereocenters. The molecule has 45 heavy (non-hydrogen) atoms. The average molecular weight is 634 g/mol. The molecule has 0 saturated carbocycles. The summed E-state index contributed by atoms with van der Waals surface area (Å²) in [6, 6.07) is 22.2. The van der Waals surface area contributed by atoms with Crippen molar-refractivity contribution in [2.24, 2.45) is 7.05 Å². The van der Waals surface area contributed by atoms with Crippen LogP contribution in [0.5, 0.6) is 5.75 Å². The lowest BCUT2D eigenvalue weighted by Crippen LogP contribution is -2.37. The van der Waals surface area contributed by atoms with Gasteiger partial charge in [0.2, 0.25) is 0 Å². The highest BCUT2D eigenvalue weighted by Gasteiger charge is 2.28. The predicted molar refractivity (Wildman–Crippen MR) is 200 cm³/mol. The fourth-order valence-corrected chi connectivity index (χ4v) is 8.18. The smallest absolute Gasteiger partial charge is 0.144 e. The van der Waals surface area contributed by atoms with E-state index in [2.05, 4.69) is 153 Å². The van der Waals surface area contributed by atoms with Crippen molar-refractivity contribution < 1.29 is 5.11 Å². The number of benzene rings is 3. The molecule has 0 aliphatic rings. The van der Waals surface area contributed by atoms with Crippen LogP contribution >= 0.6 is 0 Å². The molecular weight excluding hydrogens is 583 g/mol. The number of aromatic hydroxyl groups is 1. The van der Waals surface area contributed by atoms with E-state index in [-0.39, 0.29) is 10.8 Å². The van der Waals surface area contributed by atoms with Gasteiger partial charge in [0, 0.05) is 29.9 Å². The van der Waals surface area contributed by atoms with Crippen LogP contribution in [-0.2, 0) is 17.9 Å². The topological polar surface area (TPSA) is 50.9 Å². The Hall–Kier alpha value is -3.49. The molecule has 0 unspecified atom stereocenters. The number of aromatic nitrogens is 3. The number of pyridine rings is 1. The van der Waals surface area contributed by atoms with Crippen molar-refractivity contribution in [1.82, 2.24) is 14.5 Å². The highest BCUT2D eigenvalue weighted by molar-refractivity contribution is 6.89. The van der Waals surface area contributed by atoms with Crippen LogP contribution in [0.25, 0.3) is 44.8 Å². The SMILES string of the molecule is Cn1c(-c2cc(C(C)(C)C)cc(C(C)(C)C)c2O)nc2c(-c3cccc(-c4cc([Si](C)(C)C)ccn4)c3)cc([Si](C)(C)C)cc21. The molecule has 4 nitrogen and oxygen atoms in total. The molecule has 6 heteroatoms. The Morgan fingerprint density at radius 1 is 0.689 bits per heavy atom. The Kier molecular flexibility index (Phi) is 8.11. The zero-order chi connectivity index (χ0) is 33.3. The first kappa shape index (κ1) is 32.9. The third kappa shape index (κ3) is 6.45. The Labute approximate surface area is 272 Å². The zero-order valence-electron chi connectivity index (χ0n) is 29.6. The Balaban J connectivity index is 1.79. The van der Waals surface area contributed by atoms with Crippen molar-refractivity contribution in [3.63, 3.8) is 0 Å². The number of hydrogen-bond acceptors (Lipinski definition) is 3. The number of imidazole rings is 1. The van der Waals surface area contributed by atoms with Crippen LogP contribution in [0.1, 0.15) is 52.7 Å². The van der Waals surface area contributed by atoms with Gasteiger partial charge in [0.15, 0.2) is 0 Å². The second-order valence-corrected chi connectivity index (χ2v) is 27.0. The fourth-order valence-electron chi connectivity index (χ4n) is 5.89. The molecule has 0 spiro atoms. The van der Waals surface area contributed by atoms with Gasteiger partial charge in [-0.3, -0.25) is 4.98 Å². The summed E-state index contributed by atoms with van der Waals surface area (Å²) in [6.07, 6.45) is 1.95. The number of fused-ring (bicyclic) bond motifs is 1. The highest BCUT2D eigenvalue weighted by atomic mass is 28.3. The molecule has 0 bridgehead atoms. The van der Waals surface area contributed by atoms with E-state index in [0.717, 1.165) is 50.4 Å². The first-order valence-corrected chi connectivity index (χ1v) is 23.1. The van der Waals surface area contributed by atoms with Gasteiger partial charge < -0.3 is 9.67 Å². The standard InChI is InChI=1S/C39H51N3OSi2/c1-38(2,3)27-20-31(36(43)32(21-27)39(4,5)6)37-41-35-30(22-29(45(11,12)13)24-34(35)42(37)7)25-15-14-16-26(19-25)33-23-28(17-18-40-33)44(8,9)10/h14-24,43H,1-13H3. The van der Waals surface area contributed by atoms with Crippen LogP contribution in [0.3, 0.4) is 0 Å². The Bertz CT molecular complexity index is 1910. The van der Waals surface area contributed by atoms with Gasteiger partial charge in [-0.25, -0.2) is 4.98 Å². The van der Waals surface area contributed by atoms with Crippen LogP contribution in [0.4, 0.5) is 0 Å². The maximum atomic E-state index is 11.8. The van der Waals surface area contributed by atoms with Crippen molar-refractivity contribution in [1.29, 1.82) is 0 Å². The monoisotopic (exact) mass is 633 g/mol. The van der Waals surface area contributed by atoms with Gasteiger partial charge in [-0.2, -0.15) is 0 Å². The summed E-state index contributed by atoms with van der Waals surface area (Å²) >= 11 is 0. The lowest BCUT2D eigenvalue weighted by atomic mass is 9.79. The normalized spacial score (nSPS) is 13.1. The van der Waals surface area contributed by atoms with Crippen molar-refractivity contribution >= 4 is 37.6 Å². The molecule has 0 fully saturated rings. The number of hydrogen-bond donors (Lipinski definition) is 1. The van der Waals surface area contributed by atoms with E-state index in [4.69, 9.17) is 9.97 Å². The van der Waals surface area contributed by atoms with Gasteiger partial charge in [-0.1, -0.05) is 122 Å². The van der Waals surface area contributed by atoms with Gasteiger partial charge in [0.05, 0.1) is 38.4 Å². The summed E-state index contributed by atoms with van der Waals surface area (Å²) < 4.78 is 2.18. The number of phenolic OH excluding ortho intramolecular Hbond substituents is 1. The fraction of sp³-hybridized carbons (Fsp3) is 0.385. The lowest BCUT2D eigenvalue weighted by Gasteiger charge is -2.27. The number of aryl methyl sites for hydroxylation is 1. The summed E-state index contributed by atoms with van der Waals surface area (Å²) in [6.45, 7) is 27.5. The van der Waals surface area contributed by atoms with Crippen LogP contribution in [0.2, 0.25) is 39.3 Å². The van der Waals surface area contributed by atoms with Crippen molar-refractivity contribution in [3.05, 3.63) is 78.0 Å². The molecular formula is C39H51N3OSi2. The molecule has 0 amide bonds. The summed E-state index contributed by atoms with van der Waals surface area (Å²) in [5.41, 5.74) is 9.03. The average Bonchev–Trinajstić information content (AvgIpc) is 3.26. The summed E-state index contributed by atoms with van der Waals surface area (Å²) in [4.78, 5) is 10.1. The molecule has 1 N–H and O–H groups in total. The minimum atomic E-state index is -1.69. The Morgan fingerprint density at radius 3 is 1.93 bits per heavy atom. The van der Waals surface area contributed by atoms with Gasteiger partial charge in [0.25, 0.3) is 0 Å². The van der Waals surface area contributed by atoms with E-state index in [0.29, 0.717) is 5.75 Å². The third-order valence-electron chi connectivity index (χ3n) is 8.97. The quantitative estimate of drug-likeness (QED) is 0.196. The van der Waals surface area contributed by atoms with E-state index in [9.17, 15) is 5.11 Å². The third-order valence-corrected chi connectivity index (χ3v) is 13.0. The summed E-state index contributed by atoms with van der Waals surface area (Å²) in [7, 11) is -1.08. The predicted octanol–water partition coefficient (Wildman–Crippen LogP) is 9.36. The number of phenols is 1. The molecule has 0 radical (unpaired) electrons. The summed E-state index contributed by atoms with van der Waals surface area (Å²) in [5.74, 6) is 1.10. The summed E-state index contributed by atoms with van der Waals surface area (Å²) in [5, 5.41) is 14.6. The second kappa shape index (κ2) is 11.1. The van der Waals surface area contributed by atoms with Gasteiger partial charge in [-0.05, 0) is 52.3 Å². The minimum Gasteiger partial charge on any atom is -0.507 e. The van der Waals surface area contributed by atoms with E-state index in [1.54, 1.807) is 0 Å². The second-order valence-electron chi connectivity index (χ2n) is 16.8. The first-order valence-electron chi connectivity index (χ1n) is 16.1. The number of nitrogens with zero attached hydrogens (tertiary/aromatic N) is 3. The molecule has 5 rings (SSSR count). The van der Waals surface area contributed by atoms with Crippen molar-refractivity contribution in [2.75, 3.05) is 0 Å². The van der Waals surface area contributed by atoms with E-state index < -0.39 is 16.1 Å². The van der Waals surface area contributed by atoms with Gasteiger partial charge in [-0.15, -0.1) is 0 Å². The molecule has 236 valence electrons. The van der Waals surface area contributed by atoms with Crippen LogP contribution < -0.4 is 10.4 Å². The van der Waals surface area contributed by atoms with Gasteiger partial charge >= 0.3 is 0 Å². The Morgan fingerprint density at radius 2 is 1.33 bits per heavy atom. The number of rotatable bonds is 5. The highest BCUT2D eigenvalue weighted by Crippen LogP contribution is 2.43. The van der Waals surface area contributed by atoms with Crippen molar-refractivity contribution in [3.8, 4) is 39.5 Å².